The van der Waals surface area contributed by atoms with E-state index in [1.165, 1.54) is 111 Å². The summed E-state index contributed by atoms with van der Waals surface area (Å²) in [7, 11) is 0. The fraction of sp³-hybridized carbons (Fsp3) is 0.0645. The van der Waals surface area contributed by atoms with Crippen molar-refractivity contribution >= 4 is 27.8 Å². The Morgan fingerprint density at radius 2 is 0.825 bits per heavy atom. The SMILES string of the molecule is CC1(C)c2ccccc2-c2ccc(N(c3ccccc3)c3ccc(-c4ccc5c(c4)C4(c6ccccc6-5)c5ccccc5-c5c4cc4c6c(cccc56)-c5ccccc5-4)cc3)cc21. The predicted molar refractivity (Wildman–Crippen MR) is 262 cm³/mol. The standard InChI is InChI=1S/C62H41N/c1-61(2)53-24-11-8-19-45(53)47-34-32-42(36-56(47)61)63(40-15-4-3-5-16-40)41-30-27-38(28-31-41)39-29-33-48-46-20-9-12-25-54(46)62(57(48)35-39)55-26-13-10-21-50(55)60-51-23-14-22-49-43-17-6-7-18-44(43)52(59(49)51)37-58(60)62/h3-37H,1-2H3. The van der Waals surface area contributed by atoms with Crippen LogP contribution in [0.25, 0.3) is 77.5 Å². The second-order valence-electron chi connectivity index (χ2n) is 18.3. The van der Waals surface area contributed by atoms with Gasteiger partial charge in [0.25, 0.3) is 0 Å². The topological polar surface area (TPSA) is 3.24 Å². The van der Waals surface area contributed by atoms with E-state index in [1.807, 2.05) is 0 Å². The highest BCUT2D eigenvalue weighted by Crippen LogP contribution is 2.66. The van der Waals surface area contributed by atoms with Gasteiger partial charge in [-0.25, -0.2) is 0 Å². The number of fused-ring (bicyclic) bond motifs is 17. The van der Waals surface area contributed by atoms with Gasteiger partial charge in [0.2, 0.25) is 0 Å². The van der Waals surface area contributed by atoms with Gasteiger partial charge in [0.1, 0.15) is 0 Å². The number of hydrogen-bond acceptors (Lipinski definition) is 1. The maximum Gasteiger partial charge on any atom is 0.0726 e. The predicted octanol–water partition coefficient (Wildman–Crippen LogP) is 16.3. The quantitative estimate of drug-likeness (QED) is 0.171. The highest BCUT2D eigenvalue weighted by molar-refractivity contribution is 6.21. The van der Waals surface area contributed by atoms with Crippen molar-refractivity contribution in [2.45, 2.75) is 24.7 Å². The second kappa shape index (κ2) is 12.4. The third kappa shape index (κ3) is 4.46. The lowest BCUT2D eigenvalue weighted by Gasteiger charge is -2.31. The Morgan fingerprint density at radius 3 is 1.59 bits per heavy atom. The molecule has 4 aliphatic rings. The number of rotatable bonds is 4. The molecule has 0 saturated heterocycles. The number of nitrogens with zero attached hydrogens (tertiary/aromatic N) is 1. The van der Waals surface area contributed by atoms with E-state index in [1.54, 1.807) is 0 Å². The van der Waals surface area contributed by atoms with Gasteiger partial charge in [0.15, 0.2) is 0 Å². The van der Waals surface area contributed by atoms with Crippen molar-refractivity contribution in [3.05, 3.63) is 246 Å². The Labute approximate surface area is 368 Å². The molecular formula is C62H41N. The average molecular weight is 800 g/mol. The number of anilines is 3. The number of benzene rings is 10. The summed E-state index contributed by atoms with van der Waals surface area (Å²) in [4.78, 5) is 2.40. The van der Waals surface area contributed by atoms with Crippen LogP contribution in [-0.2, 0) is 10.8 Å². The zero-order chi connectivity index (χ0) is 41.6. The van der Waals surface area contributed by atoms with Gasteiger partial charge in [0, 0.05) is 22.5 Å². The van der Waals surface area contributed by atoms with Crippen LogP contribution in [0.4, 0.5) is 17.1 Å². The molecule has 10 aromatic rings. The molecule has 0 bridgehead atoms. The van der Waals surface area contributed by atoms with Crippen molar-refractivity contribution in [1.29, 1.82) is 0 Å². The lowest BCUT2D eigenvalue weighted by molar-refractivity contribution is 0.660. The molecule has 1 spiro atoms. The first-order valence-corrected chi connectivity index (χ1v) is 22.3. The van der Waals surface area contributed by atoms with Crippen LogP contribution in [0, 0.1) is 0 Å². The van der Waals surface area contributed by atoms with Gasteiger partial charge in [-0.15, -0.1) is 0 Å². The van der Waals surface area contributed by atoms with E-state index in [-0.39, 0.29) is 5.41 Å². The van der Waals surface area contributed by atoms with Gasteiger partial charge in [-0.3, -0.25) is 0 Å². The van der Waals surface area contributed by atoms with Crippen LogP contribution in [0.5, 0.6) is 0 Å². The van der Waals surface area contributed by atoms with E-state index in [0.29, 0.717) is 0 Å². The van der Waals surface area contributed by atoms with Crippen LogP contribution >= 0.6 is 0 Å². The molecule has 0 N–H and O–H groups in total. The first-order valence-electron chi connectivity index (χ1n) is 22.3. The van der Waals surface area contributed by atoms with Crippen molar-refractivity contribution in [2.75, 3.05) is 4.90 Å². The van der Waals surface area contributed by atoms with E-state index >= 15 is 0 Å². The summed E-state index contributed by atoms with van der Waals surface area (Å²) in [6, 6.07) is 80.1. The normalized spacial score (nSPS) is 16.0. The molecule has 1 nitrogen and oxygen atoms in total. The van der Waals surface area contributed by atoms with Crippen molar-refractivity contribution in [3.63, 3.8) is 0 Å². The monoisotopic (exact) mass is 799 g/mol. The van der Waals surface area contributed by atoms with Crippen molar-refractivity contribution in [3.8, 4) is 66.8 Å². The van der Waals surface area contributed by atoms with Crippen LogP contribution in [0.15, 0.2) is 212 Å². The molecule has 0 heterocycles. The molecule has 1 unspecified atom stereocenters. The number of para-hydroxylation sites is 1. The van der Waals surface area contributed by atoms with Gasteiger partial charge in [0.05, 0.1) is 5.41 Å². The summed E-state index contributed by atoms with van der Waals surface area (Å²) in [6.45, 7) is 4.72. The molecule has 1 atom stereocenters. The molecule has 1 heteroatoms. The zero-order valence-electron chi connectivity index (χ0n) is 35.2. The van der Waals surface area contributed by atoms with Crippen LogP contribution < -0.4 is 4.90 Å². The minimum atomic E-state index is -0.461. The highest BCUT2D eigenvalue weighted by Gasteiger charge is 2.52. The van der Waals surface area contributed by atoms with Crippen molar-refractivity contribution in [1.82, 2.24) is 0 Å². The molecule has 14 rings (SSSR count). The lowest BCUT2D eigenvalue weighted by atomic mass is 9.69. The Morgan fingerprint density at radius 1 is 0.302 bits per heavy atom. The zero-order valence-corrected chi connectivity index (χ0v) is 35.2. The summed E-state index contributed by atoms with van der Waals surface area (Å²) in [5.74, 6) is 0. The lowest BCUT2D eigenvalue weighted by Crippen LogP contribution is -2.26. The van der Waals surface area contributed by atoms with E-state index in [4.69, 9.17) is 0 Å². The average Bonchev–Trinajstić information content (AvgIpc) is 4.00. The molecule has 0 amide bonds. The molecule has 63 heavy (non-hydrogen) atoms. The van der Waals surface area contributed by atoms with Gasteiger partial charge in [-0.1, -0.05) is 178 Å². The minimum Gasteiger partial charge on any atom is -0.310 e. The smallest absolute Gasteiger partial charge is 0.0726 e. The summed E-state index contributed by atoms with van der Waals surface area (Å²) in [5.41, 5.74) is 26.9. The second-order valence-corrected chi connectivity index (χ2v) is 18.3. The van der Waals surface area contributed by atoms with Crippen molar-refractivity contribution < 1.29 is 0 Å². The van der Waals surface area contributed by atoms with Crippen LogP contribution in [-0.4, -0.2) is 0 Å². The summed E-state index contributed by atoms with van der Waals surface area (Å²) in [6.07, 6.45) is 0. The molecule has 0 aliphatic heterocycles. The Kier molecular flexibility index (Phi) is 6.89. The van der Waals surface area contributed by atoms with E-state index < -0.39 is 5.41 Å². The largest absolute Gasteiger partial charge is 0.310 e. The van der Waals surface area contributed by atoms with Gasteiger partial charge in [-0.2, -0.15) is 0 Å². The van der Waals surface area contributed by atoms with E-state index in [9.17, 15) is 0 Å². The molecule has 10 aromatic carbocycles. The van der Waals surface area contributed by atoms with Crippen molar-refractivity contribution in [2.24, 2.45) is 0 Å². The third-order valence-electron chi connectivity index (χ3n) is 15.0. The van der Waals surface area contributed by atoms with Crippen LogP contribution in [0.3, 0.4) is 0 Å². The molecular weight excluding hydrogens is 759 g/mol. The third-order valence-corrected chi connectivity index (χ3v) is 15.0. The molecule has 0 fully saturated rings. The highest BCUT2D eigenvalue weighted by atomic mass is 15.1. The molecule has 0 radical (unpaired) electrons. The van der Waals surface area contributed by atoms with Gasteiger partial charge < -0.3 is 4.90 Å². The first kappa shape index (κ1) is 34.9. The van der Waals surface area contributed by atoms with Crippen LogP contribution in [0.1, 0.15) is 47.2 Å². The van der Waals surface area contributed by atoms with Crippen LogP contribution in [0.2, 0.25) is 0 Å². The Bertz CT molecular complexity index is 3590. The van der Waals surface area contributed by atoms with E-state index in [0.717, 1.165) is 17.1 Å². The first-order chi connectivity index (χ1) is 31.0. The summed E-state index contributed by atoms with van der Waals surface area (Å²) >= 11 is 0. The molecule has 4 aliphatic carbocycles. The fourth-order valence-electron chi connectivity index (χ4n) is 12.3. The van der Waals surface area contributed by atoms with Gasteiger partial charge in [-0.05, 0) is 159 Å². The van der Waals surface area contributed by atoms with Gasteiger partial charge >= 0.3 is 0 Å². The number of hydrogen-bond donors (Lipinski definition) is 0. The Balaban J connectivity index is 0.936. The maximum absolute atomic E-state index is 2.57. The summed E-state index contributed by atoms with van der Waals surface area (Å²) < 4.78 is 0. The molecule has 294 valence electrons. The summed E-state index contributed by atoms with van der Waals surface area (Å²) in [5, 5.41) is 2.72. The minimum absolute atomic E-state index is 0.0859. The molecule has 0 aromatic heterocycles. The Hall–Kier alpha value is -7.74. The fourth-order valence-corrected chi connectivity index (χ4v) is 12.3. The molecule has 0 saturated carbocycles. The maximum atomic E-state index is 2.57. The van der Waals surface area contributed by atoms with E-state index in [2.05, 4.69) is 231 Å².